The van der Waals surface area contributed by atoms with E-state index in [0.717, 1.165) is 12.5 Å². The molecule has 4 rings (SSSR count). The van der Waals surface area contributed by atoms with Gasteiger partial charge in [-0.15, -0.1) is 0 Å². The van der Waals surface area contributed by atoms with Gasteiger partial charge in [0.15, 0.2) is 0 Å². The predicted octanol–water partition coefficient (Wildman–Crippen LogP) is 2.97. The molecule has 28 heavy (non-hydrogen) atoms. The van der Waals surface area contributed by atoms with Crippen molar-refractivity contribution in [2.24, 2.45) is 23.7 Å². The fourth-order valence-electron chi connectivity index (χ4n) is 4.72. The maximum Gasteiger partial charge on any atom is 0.417 e. The number of halogens is 3. The summed E-state index contributed by atoms with van der Waals surface area (Å²) in [6, 6.07) is 2.71. The van der Waals surface area contributed by atoms with Crippen molar-refractivity contribution in [1.29, 1.82) is 5.26 Å². The number of aromatic nitrogens is 1. The molecule has 0 spiro atoms. The molecule has 0 amide bonds. The number of piperidine rings is 1. The third-order valence-electron chi connectivity index (χ3n) is 6.55. The highest BCUT2D eigenvalue weighted by Gasteiger charge is 2.59. The van der Waals surface area contributed by atoms with Gasteiger partial charge in [-0.2, -0.15) is 18.4 Å². The first-order valence-corrected chi connectivity index (χ1v) is 9.40. The summed E-state index contributed by atoms with van der Waals surface area (Å²) in [7, 11) is 0. The number of pyridine rings is 1. The number of carbonyl (C=O) groups is 1. The van der Waals surface area contributed by atoms with Crippen molar-refractivity contribution in [1.82, 2.24) is 4.98 Å². The first-order chi connectivity index (χ1) is 13.1. The Labute approximate surface area is 160 Å². The van der Waals surface area contributed by atoms with Gasteiger partial charge in [-0.25, -0.2) is 4.98 Å². The lowest BCUT2D eigenvalue weighted by atomic mass is 10.0. The minimum atomic E-state index is -4.64. The van der Waals surface area contributed by atoms with Gasteiger partial charge in [-0.3, -0.25) is 4.79 Å². The van der Waals surface area contributed by atoms with Crippen LogP contribution in [-0.4, -0.2) is 41.7 Å². The lowest BCUT2D eigenvalue weighted by Gasteiger charge is -2.41. The quantitative estimate of drug-likeness (QED) is 0.846. The molecular weight excluding hydrogens is 373 g/mol. The zero-order valence-electron chi connectivity index (χ0n) is 15.6. The number of rotatable bonds is 4. The summed E-state index contributed by atoms with van der Waals surface area (Å²) < 4.78 is 40.9. The van der Waals surface area contributed by atoms with Gasteiger partial charge in [-0.1, -0.05) is 6.92 Å². The largest absolute Gasteiger partial charge is 0.481 e. The standard InChI is InChI=1S/C19H21F3N4O2/c1-9-3-4-26(9)17-11(6-23)14(19(20,21)22)5-15(24-17)25-7-12-13(8-25)16(12)10(2)18(27)28/h5,9-10,12-13,16H,3-4,7-8H2,1-2H3,(H,27,28)/t9-,10-,12-,13+,16+/m0/s1. The van der Waals surface area contributed by atoms with Gasteiger partial charge in [-0.05, 0) is 37.2 Å². The molecular formula is C19H21F3N4O2. The molecule has 1 N–H and O–H groups in total. The van der Waals surface area contributed by atoms with Crippen molar-refractivity contribution in [2.75, 3.05) is 29.4 Å². The Balaban J connectivity index is 1.65. The monoisotopic (exact) mass is 394 g/mol. The van der Waals surface area contributed by atoms with Crippen molar-refractivity contribution >= 4 is 17.6 Å². The molecule has 0 bridgehead atoms. The van der Waals surface area contributed by atoms with E-state index in [1.165, 1.54) is 0 Å². The Morgan fingerprint density at radius 1 is 1.39 bits per heavy atom. The molecule has 0 aromatic carbocycles. The van der Waals surface area contributed by atoms with E-state index in [-0.39, 0.29) is 35.4 Å². The lowest BCUT2D eigenvalue weighted by Crippen LogP contribution is -2.47. The summed E-state index contributed by atoms with van der Waals surface area (Å²) in [4.78, 5) is 19.2. The summed E-state index contributed by atoms with van der Waals surface area (Å²) >= 11 is 0. The van der Waals surface area contributed by atoms with Gasteiger partial charge in [0.2, 0.25) is 0 Å². The van der Waals surface area contributed by atoms with Crippen molar-refractivity contribution < 1.29 is 23.1 Å². The summed E-state index contributed by atoms with van der Waals surface area (Å²) in [5.41, 5.74) is -1.38. The van der Waals surface area contributed by atoms with E-state index in [9.17, 15) is 28.3 Å². The summed E-state index contributed by atoms with van der Waals surface area (Å²) in [5, 5.41) is 18.6. The molecule has 1 saturated carbocycles. The predicted molar refractivity (Wildman–Crippen MR) is 94.9 cm³/mol. The second-order valence-electron chi connectivity index (χ2n) is 8.10. The molecule has 1 aromatic rings. The molecule has 1 aromatic heterocycles. The number of alkyl halides is 3. The van der Waals surface area contributed by atoms with Crippen LogP contribution in [0.4, 0.5) is 24.8 Å². The van der Waals surface area contributed by atoms with Crippen LogP contribution in [0.25, 0.3) is 0 Å². The molecule has 0 unspecified atom stereocenters. The molecule has 0 radical (unpaired) electrons. The van der Waals surface area contributed by atoms with Gasteiger partial charge >= 0.3 is 12.1 Å². The molecule has 3 heterocycles. The molecule has 3 aliphatic rings. The number of anilines is 2. The number of hydrogen-bond donors (Lipinski definition) is 1. The van der Waals surface area contributed by atoms with E-state index in [1.54, 1.807) is 22.8 Å². The van der Waals surface area contributed by atoms with E-state index >= 15 is 0 Å². The zero-order valence-corrected chi connectivity index (χ0v) is 15.6. The van der Waals surface area contributed by atoms with Gasteiger partial charge in [0.25, 0.3) is 0 Å². The lowest BCUT2D eigenvalue weighted by molar-refractivity contribution is -0.142. The van der Waals surface area contributed by atoms with E-state index in [4.69, 9.17) is 0 Å². The van der Waals surface area contributed by atoms with Crippen LogP contribution in [0.1, 0.15) is 31.4 Å². The number of hydrogen-bond acceptors (Lipinski definition) is 5. The Bertz CT molecular complexity index is 854. The van der Waals surface area contributed by atoms with E-state index in [2.05, 4.69) is 4.98 Å². The third kappa shape index (κ3) is 2.86. The van der Waals surface area contributed by atoms with E-state index < -0.39 is 29.2 Å². The highest BCUT2D eigenvalue weighted by atomic mass is 19.4. The molecule has 2 saturated heterocycles. The number of carboxylic acids is 1. The first kappa shape index (κ1) is 18.8. The molecule has 9 heteroatoms. The number of carboxylic acid groups (broad SMARTS) is 1. The number of nitrogens with zero attached hydrogens (tertiary/aromatic N) is 4. The van der Waals surface area contributed by atoms with Gasteiger partial charge < -0.3 is 14.9 Å². The average molecular weight is 394 g/mol. The second-order valence-corrected chi connectivity index (χ2v) is 8.10. The van der Waals surface area contributed by atoms with Crippen molar-refractivity contribution in [2.45, 2.75) is 32.5 Å². The molecule has 3 fully saturated rings. The highest BCUT2D eigenvalue weighted by Crippen LogP contribution is 2.56. The van der Waals surface area contributed by atoms with Crippen LogP contribution in [0, 0.1) is 35.0 Å². The molecule has 1 aliphatic carbocycles. The van der Waals surface area contributed by atoms with Crippen LogP contribution >= 0.6 is 0 Å². The van der Waals surface area contributed by atoms with Crippen LogP contribution in [0.3, 0.4) is 0 Å². The van der Waals surface area contributed by atoms with Crippen LogP contribution in [0.2, 0.25) is 0 Å². The second kappa shape index (κ2) is 6.26. The molecule has 150 valence electrons. The number of fused-ring (bicyclic) bond motifs is 1. The fourth-order valence-corrected chi connectivity index (χ4v) is 4.72. The van der Waals surface area contributed by atoms with E-state index in [0.29, 0.717) is 19.6 Å². The Hall–Kier alpha value is -2.50. The van der Waals surface area contributed by atoms with Crippen molar-refractivity contribution in [3.8, 4) is 6.07 Å². The first-order valence-electron chi connectivity index (χ1n) is 9.40. The summed E-state index contributed by atoms with van der Waals surface area (Å²) in [5.74, 6) is -0.556. The maximum atomic E-state index is 13.6. The number of aliphatic carboxylic acids is 1. The highest BCUT2D eigenvalue weighted by molar-refractivity contribution is 5.71. The minimum absolute atomic E-state index is 0.0451. The van der Waals surface area contributed by atoms with Crippen LogP contribution in [0.5, 0.6) is 0 Å². The van der Waals surface area contributed by atoms with Crippen LogP contribution in [0.15, 0.2) is 6.07 Å². The Kier molecular flexibility index (Phi) is 4.21. The SMILES string of the molecule is C[C@H](C(=O)O)[C@H]1[C@@H]2CN(c3cc(C(F)(F)F)c(C#N)c(N4CC[C@@H]4C)n3)C[C@@H]21. The minimum Gasteiger partial charge on any atom is -0.481 e. The normalized spacial score (nSPS) is 29.7. The Morgan fingerprint density at radius 3 is 2.46 bits per heavy atom. The molecule has 6 nitrogen and oxygen atoms in total. The molecule has 5 atom stereocenters. The van der Waals surface area contributed by atoms with Crippen LogP contribution < -0.4 is 9.80 Å². The third-order valence-corrected chi connectivity index (χ3v) is 6.55. The van der Waals surface area contributed by atoms with Gasteiger partial charge in [0, 0.05) is 25.7 Å². The number of nitriles is 1. The van der Waals surface area contributed by atoms with Gasteiger partial charge in [0.05, 0.1) is 11.5 Å². The van der Waals surface area contributed by atoms with Crippen molar-refractivity contribution in [3.63, 3.8) is 0 Å². The zero-order chi connectivity index (χ0) is 20.4. The van der Waals surface area contributed by atoms with Gasteiger partial charge in [0.1, 0.15) is 23.3 Å². The van der Waals surface area contributed by atoms with Crippen LogP contribution in [-0.2, 0) is 11.0 Å². The topological polar surface area (TPSA) is 80.5 Å². The Morgan fingerprint density at radius 2 is 2.04 bits per heavy atom. The fraction of sp³-hybridized carbons (Fsp3) is 0.632. The smallest absolute Gasteiger partial charge is 0.417 e. The maximum absolute atomic E-state index is 13.6. The van der Waals surface area contributed by atoms with E-state index in [1.807, 2.05) is 6.92 Å². The average Bonchev–Trinajstić information content (AvgIpc) is 3.10. The van der Waals surface area contributed by atoms with Crippen molar-refractivity contribution in [3.05, 3.63) is 17.2 Å². The summed E-state index contributed by atoms with van der Waals surface area (Å²) in [6.07, 6.45) is -3.80. The summed E-state index contributed by atoms with van der Waals surface area (Å²) in [6.45, 7) is 5.15. The molecule has 2 aliphatic heterocycles.